The number of rotatable bonds is 3. The summed E-state index contributed by atoms with van der Waals surface area (Å²) in [4.78, 5) is 28.1. The Labute approximate surface area is 159 Å². The summed E-state index contributed by atoms with van der Waals surface area (Å²) in [6.45, 7) is 9.74. The summed E-state index contributed by atoms with van der Waals surface area (Å²) in [5.41, 5.74) is 2.66. The third-order valence-corrected chi connectivity index (χ3v) is 4.50. The van der Waals surface area contributed by atoms with Crippen LogP contribution in [0.15, 0.2) is 12.1 Å². The van der Waals surface area contributed by atoms with Gasteiger partial charge in [-0.1, -0.05) is 0 Å². The number of hydrogen-bond donors (Lipinski definition) is 1. The first-order chi connectivity index (χ1) is 12.8. The number of carbonyl (C=O) groups excluding carboxylic acids is 2. The van der Waals surface area contributed by atoms with Gasteiger partial charge < -0.3 is 14.5 Å². The number of nitrogens with one attached hydrogen (secondary N) is 1. The first kappa shape index (κ1) is 19.3. The van der Waals surface area contributed by atoms with Gasteiger partial charge in [0.15, 0.2) is 11.5 Å². The quantitative estimate of drug-likeness (QED) is 0.849. The third kappa shape index (κ3) is 5.29. The molecule has 0 atom stereocenters. The SMILES string of the molecule is CC(C)(C)OC(=O)N1CCN(c2ccc(C(=O)NN3CCCC3)nn2)CC1. The van der Waals surface area contributed by atoms with E-state index in [9.17, 15) is 9.59 Å². The molecule has 0 saturated carbocycles. The van der Waals surface area contributed by atoms with Gasteiger partial charge in [0.05, 0.1) is 0 Å². The van der Waals surface area contributed by atoms with Crippen molar-refractivity contribution < 1.29 is 14.3 Å². The lowest BCUT2D eigenvalue weighted by Crippen LogP contribution is -2.50. The van der Waals surface area contributed by atoms with Crippen LogP contribution in [0.4, 0.5) is 10.6 Å². The molecule has 2 aliphatic heterocycles. The number of hydrazine groups is 1. The monoisotopic (exact) mass is 376 g/mol. The van der Waals surface area contributed by atoms with Crippen LogP contribution in [0, 0.1) is 0 Å². The molecular weight excluding hydrogens is 348 g/mol. The smallest absolute Gasteiger partial charge is 0.410 e. The highest BCUT2D eigenvalue weighted by atomic mass is 16.6. The molecule has 148 valence electrons. The van der Waals surface area contributed by atoms with E-state index in [1.807, 2.05) is 25.8 Å². The van der Waals surface area contributed by atoms with Gasteiger partial charge in [0.1, 0.15) is 5.60 Å². The third-order valence-electron chi connectivity index (χ3n) is 4.50. The van der Waals surface area contributed by atoms with Crippen molar-refractivity contribution in [2.24, 2.45) is 0 Å². The fraction of sp³-hybridized carbons (Fsp3) is 0.667. The van der Waals surface area contributed by atoms with Crippen molar-refractivity contribution in [3.63, 3.8) is 0 Å². The Balaban J connectivity index is 1.51. The van der Waals surface area contributed by atoms with Crippen LogP contribution in [0.3, 0.4) is 0 Å². The molecule has 9 nitrogen and oxygen atoms in total. The number of hydrogen-bond acceptors (Lipinski definition) is 7. The van der Waals surface area contributed by atoms with Gasteiger partial charge in [-0.2, -0.15) is 0 Å². The molecule has 2 aliphatic rings. The lowest BCUT2D eigenvalue weighted by molar-refractivity contribution is 0.0240. The minimum absolute atomic E-state index is 0.231. The second kappa shape index (κ2) is 8.08. The molecule has 2 saturated heterocycles. The molecule has 9 heteroatoms. The van der Waals surface area contributed by atoms with Gasteiger partial charge in [-0.25, -0.2) is 9.80 Å². The van der Waals surface area contributed by atoms with E-state index < -0.39 is 5.60 Å². The highest BCUT2D eigenvalue weighted by molar-refractivity contribution is 5.91. The molecule has 0 spiro atoms. The van der Waals surface area contributed by atoms with Crippen LogP contribution < -0.4 is 10.3 Å². The molecule has 27 heavy (non-hydrogen) atoms. The fourth-order valence-corrected chi connectivity index (χ4v) is 3.09. The van der Waals surface area contributed by atoms with Crippen LogP contribution in [-0.2, 0) is 4.74 Å². The normalized spacial score (nSPS) is 18.5. The summed E-state index contributed by atoms with van der Waals surface area (Å²) in [7, 11) is 0. The zero-order chi connectivity index (χ0) is 19.4. The van der Waals surface area contributed by atoms with Gasteiger partial charge in [0, 0.05) is 39.3 Å². The van der Waals surface area contributed by atoms with Gasteiger partial charge in [-0.3, -0.25) is 10.2 Å². The minimum Gasteiger partial charge on any atom is -0.444 e. The van der Waals surface area contributed by atoms with Gasteiger partial charge >= 0.3 is 6.09 Å². The van der Waals surface area contributed by atoms with Crippen molar-refractivity contribution in [3.8, 4) is 0 Å². The molecule has 1 aromatic heterocycles. The van der Waals surface area contributed by atoms with Crippen LogP contribution in [0.5, 0.6) is 0 Å². The maximum absolute atomic E-state index is 12.2. The van der Waals surface area contributed by atoms with E-state index in [0.717, 1.165) is 25.9 Å². The highest BCUT2D eigenvalue weighted by Gasteiger charge is 2.26. The predicted molar refractivity (Wildman–Crippen MR) is 100 cm³/mol. The second-order valence-electron chi connectivity index (χ2n) is 7.87. The fourth-order valence-electron chi connectivity index (χ4n) is 3.09. The standard InChI is InChI=1S/C18H28N6O3/c1-18(2,3)27-17(26)23-12-10-22(11-13-23)15-7-6-14(19-20-15)16(25)21-24-8-4-5-9-24/h6-7H,4-5,8-13H2,1-3H3,(H,21,25). The molecule has 0 aromatic carbocycles. The van der Waals surface area contributed by atoms with Crippen LogP contribution in [0.25, 0.3) is 0 Å². The molecule has 0 unspecified atom stereocenters. The Bertz CT molecular complexity index is 659. The van der Waals surface area contributed by atoms with Crippen molar-refractivity contribution in [2.45, 2.75) is 39.2 Å². The molecule has 2 amide bonds. The summed E-state index contributed by atoms with van der Waals surface area (Å²) in [6.07, 6.45) is 1.91. The largest absolute Gasteiger partial charge is 0.444 e. The van der Waals surface area contributed by atoms with Gasteiger partial charge in [-0.15, -0.1) is 10.2 Å². The first-order valence-electron chi connectivity index (χ1n) is 9.44. The molecule has 0 bridgehead atoms. The number of piperazine rings is 1. The van der Waals surface area contributed by atoms with Crippen LogP contribution >= 0.6 is 0 Å². The van der Waals surface area contributed by atoms with E-state index in [2.05, 4.69) is 20.5 Å². The van der Waals surface area contributed by atoms with Crippen molar-refractivity contribution in [1.29, 1.82) is 0 Å². The lowest BCUT2D eigenvalue weighted by atomic mass is 10.2. The Morgan fingerprint density at radius 1 is 1.00 bits per heavy atom. The van der Waals surface area contributed by atoms with Crippen LogP contribution in [-0.4, -0.2) is 77.0 Å². The highest BCUT2D eigenvalue weighted by Crippen LogP contribution is 2.16. The number of amides is 2. The van der Waals surface area contributed by atoms with Gasteiger partial charge in [-0.05, 0) is 45.7 Å². The molecule has 0 aliphatic carbocycles. The zero-order valence-corrected chi connectivity index (χ0v) is 16.3. The van der Waals surface area contributed by atoms with E-state index >= 15 is 0 Å². The van der Waals surface area contributed by atoms with Gasteiger partial charge in [0.2, 0.25) is 0 Å². The average Bonchev–Trinajstić information content (AvgIpc) is 3.13. The molecule has 3 heterocycles. The molecule has 1 N–H and O–H groups in total. The summed E-state index contributed by atoms with van der Waals surface area (Å²) in [6, 6.07) is 3.49. The minimum atomic E-state index is -0.495. The zero-order valence-electron chi connectivity index (χ0n) is 16.3. The van der Waals surface area contributed by atoms with E-state index in [1.165, 1.54) is 0 Å². The summed E-state index contributed by atoms with van der Waals surface area (Å²) < 4.78 is 5.41. The molecule has 2 fully saturated rings. The summed E-state index contributed by atoms with van der Waals surface area (Å²) in [5, 5.41) is 10.2. The topological polar surface area (TPSA) is 90.9 Å². The van der Waals surface area contributed by atoms with E-state index in [1.54, 1.807) is 17.0 Å². The number of nitrogens with zero attached hydrogens (tertiary/aromatic N) is 5. The Morgan fingerprint density at radius 2 is 1.67 bits per heavy atom. The van der Waals surface area contributed by atoms with Crippen molar-refractivity contribution in [3.05, 3.63) is 17.8 Å². The van der Waals surface area contributed by atoms with Gasteiger partial charge in [0.25, 0.3) is 5.91 Å². The van der Waals surface area contributed by atoms with Crippen molar-refractivity contribution in [2.75, 3.05) is 44.2 Å². The number of carbonyl (C=O) groups is 2. The second-order valence-corrected chi connectivity index (χ2v) is 7.87. The number of ether oxygens (including phenoxy) is 1. The number of anilines is 1. The Morgan fingerprint density at radius 3 is 2.22 bits per heavy atom. The summed E-state index contributed by atoms with van der Waals surface area (Å²) >= 11 is 0. The molecule has 1 aromatic rings. The molecule has 0 radical (unpaired) electrons. The average molecular weight is 376 g/mol. The molecular formula is C18H28N6O3. The van der Waals surface area contributed by atoms with E-state index in [-0.39, 0.29) is 12.0 Å². The maximum Gasteiger partial charge on any atom is 0.410 e. The Kier molecular flexibility index (Phi) is 5.79. The van der Waals surface area contributed by atoms with E-state index in [0.29, 0.717) is 37.7 Å². The number of aromatic nitrogens is 2. The van der Waals surface area contributed by atoms with Crippen molar-refractivity contribution >= 4 is 17.8 Å². The predicted octanol–water partition coefficient (Wildman–Crippen LogP) is 1.27. The van der Waals surface area contributed by atoms with E-state index in [4.69, 9.17) is 4.74 Å². The molecule has 3 rings (SSSR count). The lowest BCUT2D eigenvalue weighted by Gasteiger charge is -2.35. The maximum atomic E-state index is 12.2. The van der Waals surface area contributed by atoms with Crippen LogP contribution in [0.2, 0.25) is 0 Å². The van der Waals surface area contributed by atoms with Crippen LogP contribution in [0.1, 0.15) is 44.1 Å². The Hall–Kier alpha value is -2.42. The first-order valence-corrected chi connectivity index (χ1v) is 9.44. The van der Waals surface area contributed by atoms with Crippen molar-refractivity contribution in [1.82, 2.24) is 25.5 Å². The summed E-state index contributed by atoms with van der Waals surface area (Å²) in [5.74, 6) is 0.474.